The molecule has 0 unspecified atom stereocenters. The van der Waals surface area contributed by atoms with Crippen LogP contribution < -0.4 is 43.8 Å². The van der Waals surface area contributed by atoms with Gasteiger partial charge in [-0.2, -0.15) is 0 Å². The van der Waals surface area contributed by atoms with Crippen LogP contribution in [0.15, 0.2) is 90.1 Å². The molecule has 13 N–H and O–H groups in total. The summed E-state index contributed by atoms with van der Waals surface area (Å²) in [6.07, 6.45) is 2.48. The molecule has 0 aliphatic heterocycles. The molecule has 0 spiro atoms. The molecule has 17 heteroatoms. The van der Waals surface area contributed by atoms with E-state index in [4.69, 9.17) is 17.2 Å². The number of benzene rings is 3. The Balaban J connectivity index is 1.44. The Morgan fingerprint density at radius 3 is 2.03 bits per heavy atom. The van der Waals surface area contributed by atoms with Crippen LogP contribution in [-0.4, -0.2) is 88.8 Å². The average molecular weight is 811 g/mol. The minimum atomic E-state index is -1.17. The number of aliphatic hydroxyl groups is 1. The van der Waals surface area contributed by atoms with Gasteiger partial charge in [0.1, 0.15) is 24.2 Å². The Hall–Kier alpha value is -6.75. The van der Waals surface area contributed by atoms with Gasteiger partial charge in [-0.15, -0.1) is 0 Å². The third kappa shape index (κ3) is 14.3. The number of aromatic amines is 1. The Kier molecular flexibility index (Phi) is 17.0. The standard InChI is InChI=1S/C42H54N10O7/c1-25(2)19-34(49-36(54)23-48-39(57)35(20-26-9-4-3-5-10-26)52-38(56)28-16-14-27(24-53)15-17-28)41(59)50-32(13-8-18-46-42(44)45)40(58)51-33(37(43)55)21-29-22-47-31-12-7-6-11-30(29)31/h3-7,9-12,14-17,22,25,32-35,47,53H,8,13,18-21,23-24H2,1-2H3,(H2,43,55)(H,48,57)(H,49,54)(H,50,59)(H,51,58)(H,52,56)(H4,44,45,46)/t32-,33-,34-,35-/m0/s1. The molecule has 4 aromatic rings. The zero-order valence-electron chi connectivity index (χ0n) is 33.2. The van der Waals surface area contributed by atoms with E-state index in [1.807, 2.05) is 44.2 Å². The first-order chi connectivity index (χ1) is 28.2. The Morgan fingerprint density at radius 2 is 1.37 bits per heavy atom. The molecule has 6 amide bonds. The maximum absolute atomic E-state index is 13.8. The minimum absolute atomic E-state index is 0.0748. The number of nitrogens with zero attached hydrogens (tertiary/aromatic N) is 1. The van der Waals surface area contributed by atoms with Crippen LogP contribution in [0.3, 0.4) is 0 Å². The summed E-state index contributed by atoms with van der Waals surface area (Å²) in [7, 11) is 0. The van der Waals surface area contributed by atoms with Crippen molar-refractivity contribution in [1.82, 2.24) is 31.6 Å². The summed E-state index contributed by atoms with van der Waals surface area (Å²) in [4.78, 5) is 87.1. The van der Waals surface area contributed by atoms with Crippen LogP contribution in [0.1, 0.15) is 60.2 Å². The maximum Gasteiger partial charge on any atom is 0.251 e. The van der Waals surface area contributed by atoms with Crippen molar-refractivity contribution in [3.05, 3.63) is 107 Å². The third-order valence-corrected chi connectivity index (χ3v) is 9.42. The minimum Gasteiger partial charge on any atom is -0.392 e. The van der Waals surface area contributed by atoms with Crippen molar-refractivity contribution in [1.29, 1.82) is 0 Å². The van der Waals surface area contributed by atoms with Crippen LogP contribution in [-0.2, 0) is 43.4 Å². The molecule has 0 bridgehead atoms. The molecule has 314 valence electrons. The number of guanidine groups is 1. The summed E-state index contributed by atoms with van der Waals surface area (Å²) in [6, 6.07) is 18.3. The molecule has 0 fully saturated rings. The molecule has 17 nitrogen and oxygen atoms in total. The van der Waals surface area contributed by atoms with Gasteiger partial charge in [0, 0.05) is 42.0 Å². The van der Waals surface area contributed by atoms with E-state index in [9.17, 15) is 33.9 Å². The number of aliphatic hydroxyl groups excluding tert-OH is 1. The number of carbonyl (C=O) groups is 6. The maximum atomic E-state index is 13.8. The molecule has 0 saturated carbocycles. The van der Waals surface area contributed by atoms with E-state index in [0.717, 1.165) is 22.0 Å². The Bertz CT molecular complexity index is 2080. The summed E-state index contributed by atoms with van der Waals surface area (Å²) in [6.45, 7) is 3.14. The summed E-state index contributed by atoms with van der Waals surface area (Å²) >= 11 is 0. The molecule has 4 rings (SSSR count). The predicted octanol–water partition coefficient (Wildman–Crippen LogP) is 0.400. The van der Waals surface area contributed by atoms with Gasteiger partial charge in [-0.05, 0) is 60.1 Å². The molecular formula is C42H54N10O7. The zero-order valence-corrected chi connectivity index (χ0v) is 33.2. The monoisotopic (exact) mass is 810 g/mol. The first-order valence-electron chi connectivity index (χ1n) is 19.4. The lowest BCUT2D eigenvalue weighted by molar-refractivity contribution is -0.133. The van der Waals surface area contributed by atoms with E-state index in [-0.39, 0.29) is 62.7 Å². The van der Waals surface area contributed by atoms with E-state index in [1.54, 1.807) is 42.6 Å². The van der Waals surface area contributed by atoms with Gasteiger partial charge in [0.2, 0.25) is 29.5 Å². The molecular weight excluding hydrogens is 757 g/mol. The van der Waals surface area contributed by atoms with Crippen LogP contribution >= 0.6 is 0 Å². The second-order valence-corrected chi connectivity index (χ2v) is 14.6. The smallest absolute Gasteiger partial charge is 0.251 e. The molecule has 1 aromatic heterocycles. The van der Waals surface area contributed by atoms with Gasteiger partial charge in [0.15, 0.2) is 5.96 Å². The summed E-state index contributed by atoms with van der Waals surface area (Å²) < 4.78 is 0. The van der Waals surface area contributed by atoms with Crippen LogP contribution in [0.4, 0.5) is 0 Å². The fraction of sp³-hybridized carbons (Fsp3) is 0.357. The molecule has 0 aliphatic rings. The van der Waals surface area contributed by atoms with Crippen molar-refractivity contribution in [2.24, 2.45) is 28.1 Å². The number of rotatable bonds is 22. The summed E-state index contributed by atoms with van der Waals surface area (Å²) in [5.41, 5.74) is 19.9. The molecule has 4 atom stereocenters. The van der Waals surface area contributed by atoms with Crippen molar-refractivity contribution in [3.63, 3.8) is 0 Å². The highest BCUT2D eigenvalue weighted by atomic mass is 16.3. The van der Waals surface area contributed by atoms with Gasteiger partial charge in [-0.1, -0.05) is 74.5 Å². The SMILES string of the molecule is CC(C)C[C@H](NC(=O)CNC(=O)[C@H](Cc1ccccc1)NC(=O)c1ccc(CO)cc1)C(=O)N[C@@H](CCCN=C(N)N)C(=O)N[C@@H](Cc1c[nH]c2ccccc12)C(N)=O. The fourth-order valence-corrected chi connectivity index (χ4v) is 6.36. The number of H-pyrrole nitrogens is 1. The van der Waals surface area contributed by atoms with E-state index in [2.05, 4.69) is 36.6 Å². The molecule has 0 saturated heterocycles. The quantitative estimate of drug-likeness (QED) is 0.0298. The van der Waals surface area contributed by atoms with Gasteiger partial charge in [-0.3, -0.25) is 33.8 Å². The van der Waals surface area contributed by atoms with Crippen LogP contribution in [0.2, 0.25) is 0 Å². The van der Waals surface area contributed by atoms with Gasteiger partial charge >= 0.3 is 0 Å². The molecule has 3 aromatic carbocycles. The summed E-state index contributed by atoms with van der Waals surface area (Å²) in [5.74, 6) is -4.20. The highest BCUT2D eigenvalue weighted by Crippen LogP contribution is 2.19. The number of primary amides is 1. The van der Waals surface area contributed by atoms with Crippen LogP contribution in [0.25, 0.3) is 10.9 Å². The number of para-hydroxylation sites is 1. The van der Waals surface area contributed by atoms with E-state index in [0.29, 0.717) is 5.56 Å². The van der Waals surface area contributed by atoms with Gasteiger partial charge in [0.05, 0.1) is 13.2 Å². The topological polar surface area (TPSA) is 289 Å². The van der Waals surface area contributed by atoms with Gasteiger partial charge in [0.25, 0.3) is 5.91 Å². The number of carbonyl (C=O) groups excluding carboxylic acids is 6. The number of fused-ring (bicyclic) bond motifs is 1. The van der Waals surface area contributed by atoms with E-state index < -0.39 is 66.2 Å². The number of nitrogens with one attached hydrogen (secondary N) is 6. The fourth-order valence-electron chi connectivity index (χ4n) is 6.36. The first-order valence-corrected chi connectivity index (χ1v) is 19.4. The highest BCUT2D eigenvalue weighted by molar-refractivity contribution is 5.99. The number of aromatic nitrogens is 1. The number of aliphatic imine (C=N–C) groups is 1. The highest BCUT2D eigenvalue weighted by Gasteiger charge is 2.30. The van der Waals surface area contributed by atoms with E-state index >= 15 is 0 Å². The van der Waals surface area contributed by atoms with Gasteiger partial charge in [-0.25, -0.2) is 0 Å². The molecule has 0 radical (unpaired) electrons. The van der Waals surface area contributed by atoms with Crippen molar-refractivity contribution in [3.8, 4) is 0 Å². The molecule has 1 heterocycles. The number of hydrogen-bond donors (Lipinski definition) is 10. The predicted molar refractivity (Wildman–Crippen MR) is 223 cm³/mol. The Labute approximate surface area is 342 Å². The van der Waals surface area contributed by atoms with Crippen molar-refractivity contribution < 1.29 is 33.9 Å². The van der Waals surface area contributed by atoms with Crippen LogP contribution in [0, 0.1) is 5.92 Å². The lowest BCUT2D eigenvalue weighted by Crippen LogP contribution is -2.57. The van der Waals surface area contributed by atoms with Crippen LogP contribution in [0.5, 0.6) is 0 Å². The second kappa shape index (κ2) is 22.3. The average Bonchev–Trinajstić information content (AvgIpc) is 3.62. The normalized spacial score (nSPS) is 13.0. The second-order valence-electron chi connectivity index (χ2n) is 14.6. The largest absolute Gasteiger partial charge is 0.392 e. The summed E-state index contributed by atoms with van der Waals surface area (Å²) in [5, 5.41) is 23.6. The Morgan fingerprint density at radius 1 is 0.712 bits per heavy atom. The van der Waals surface area contributed by atoms with Crippen molar-refractivity contribution in [2.75, 3.05) is 13.1 Å². The van der Waals surface area contributed by atoms with E-state index in [1.165, 1.54) is 12.1 Å². The third-order valence-electron chi connectivity index (χ3n) is 9.42. The zero-order chi connectivity index (χ0) is 42.9. The lowest BCUT2D eigenvalue weighted by Gasteiger charge is -2.26. The number of hydrogen-bond acceptors (Lipinski definition) is 8. The lowest BCUT2D eigenvalue weighted by atomic mass is 10.0. The van der Waals surface area contributed by atoms with Crippen molar-refractivity contribution >= 4 is 52.3 Å². The molecule has 59 heavy (non-hydrogen) atoms. The number of nitrogens with two attached hydrogens (primary N) is 3. The molecule has 0 aliphatic carbocycles. The van der Waals surface area contributed by atoms with Gasteiger partial charge < -0.3 is 53.9 Å². The first kappa shape index (κ1) is 45.0. The number of amides is 6. The van der Waals surface area contributed by atoms with Crippen molar-refractivity contribution in [2.45, 2.75) is 76.7 Å².